The van der Waals surface area contributed by atoms with Gasteiger partial charge in [0, 0.05) is 16.6 Å². The molecule has 32 heavy (non-hydrogen) atoms. The third kappa shape index (κ3) is 4.68. The largest absolute Gasteiger partial charge is 0.494 e. The molecule has 0 radical (unpaired) electrons. The average Bonchev–Trinajstić information content (AvgIpc) is 3.43. The zero-order chi connectivity index (χ0) is 22.5. The molecule has 1 atom stereocenters. The third-order valence-corrected chi connectivity index (χ3v) is 6.31. The van der Waals surface area contributed by atoms with Gasteiger partial charge in [0.1, 0.15) is 16.6 Å². The molecule has 4 aromatic rings. The van der Waals surface area contributed by atoms with E-state index in [0.717, 1.165) is 38.1 Å². The van der Waals surface area contributed by atoms with E-state index in [1.807, 2.05) is 49.4 Å². The molecule has 0 fully saturated rings. The van der Waals surface area contributed by atoms with E-state index < -0.39 is 0 Å². The van der Waals surface area contributed by atoms with Crippen LogP contribution in [0.5, 0.6) is 5.75 Å². The number of hydrogen-bond donors (Lipinski definition) is 2. The molecule has 164 valence electrons. The number of thiophene rings is 1. The monoisotopic (exact) mass is 447 g/mol. The molecule has 7 heteroatoms. The quantitative estimate of drug-likeness (QED) is 0.336. The molecule has 0 bridgehead atoms. The summed E-state index contributed by atoms with van der Waals surface area (Å²) in [7, 11) is 0. The highest BCUT2D eigenvalue weighted by atomic mass is 32.1. The van der Waals surface area contributed by atoms with Crippen molar-refractivity contribution >= 4 is 28.1 Å². The Morgan fingerprint density at radius 3 is 2.59 bits per heavy atom. The predicted molar refractivity (Wildman–Crippen MR) is 128 cm³/mol. The third-order valence-electron chi connectivity index (χ3n) is 5.17. The molecule has 0 unspecified atom stereocenters. The molecule has 0 spiro atoms. The number of rotatable bonds is 8. The van der Waals surface area contributed by atoms with Crippen LogP contribution in [0.25, 0.3) is 0 Å². The van der Waals surface area contributed by atoms with E-state index >= 15 is 0 Å². The van der Waals surface area contributed by atoms with E-state index in [0.29, 0.717) is 6.61 Å². The van der Waals surface area contributed by atoms with E-state index in [1.54, 1.807) is 29.7 Å². The lowest BCUT2D eigenvalue weighted by Gasteiger charge is -2.22. The summed E-state index contributed by atoms with van der Waals surface area (Å²) < 4.78 is 10.9. The first-order valence-corrected chi connectivity index (χ1v) is 11.2. The van der Waals surface area contributed by atoms with Gasteiger partial charge in [0.15, 0.2) is 5.76 Å². The van der Waals surface area contributed by atoms with Crippen LogP contribution < -0.4 is 15.4 Å². The number of ether oxygens (including phenoxy) is 1. The van der Waals surface area contributed by atoms with Crippen molar-refractivity contribution < 1.29 is 13.9 Å². The van der Waals surface area contributed by atoms with E-state index in [9.17, 15) is 4.79 Å². The molecule has 0 saturated heterocycles. The Kier molecular flexibility index (Phi) is 6.56. The second kappa shape index (κ2) is 9.70. The molecule has 0 aliphatic rings. The Morgan fingerprint density at radius 2 is 1.94 bits per heavy atom. The lowest BCUT2D eigenvalue weighted by molar-refractivity contribution is 0.0997. The van der Waals surface area contributed by atoms with Crippen LogP contribution in [0.2, 0.25) is 0 Å². The number of aryl methyl sites for hydroxylation is 1. The summed E-state index contributed by atoms with van der Waals surface area (Å²) >= 11 is 1.55. The van der Waals surface area contributed by atoms with E-state index in [4.69, 9.17) is 9.15 Å². The van der Waals surface area contributed by atoms with Gasteiger partial charge < -0.3 is 19.8 Å². The minimum absolute atomic E-state index is 0.225. The summed E-state index contributed by atoms with van der Waals surface area (Å²) in [5.74, 6) is 1.56. The van der Waals surface area contributed by atoms with Crippen LogP contribution in [-0.4, -0.2) is 17.5 Å². The number of amides is 1. The van der Waals surface area contributed by atoms with Gasteiger partial charge in [0.25, 0.3) is 5.91 Å². The minimum atomic E-state index is -0.277. The van der Waals surface area contributed by atoms with Crippen molar-refractivity contribution in [3.8, 4) is 5.75 Å². The fourth-order valence-corrected chi connectivity index (χ4v) is 4.59. The first-order chi connectivity index (χ1) is 15.6. The van der Waals surface area contributed by atoms with Crippen molar-refractivity contribution in [1.82, 2.24) is 4.98 Å². The number of anilines is 2. The topological polar surface area (TPSA) is 76.4 Å². The van der Waals surface area contributed by atoms with Crippen LogP contribution in [0.15, 0.2) is 71.5 Å². The van der Waals surface area contributed by atoms with Gasteiger partial charge in [0.2, 0.25) is 0 Å². The van der Waals surface area contributed by atoms with Gasteiger partial charge >= 0.3 is 0 Å². The first-order valence-electron chi connectivity index (χ1n) is 10.4. The van der Waals surface area contributed by atoms with E-state index in [-0.39, 0.29) is 17.7 Å². The number of nitrogens with zero attached hydrogens (tertiary/aromatic N) is 1. The maximum Gasteiger partial charge on any atom is 0.291 e. The van der Waals surface area contributed by atoms with Crippen molar-refractivity contribution in [3.63, 3.8) is 0 Å². The number of benzene rings is 1. The SMILES string of the molecule is CCOc1ccc([C@H](Nc2ccccn2)c2c(NC(=O)c3ccco3)sc(C)c2C)cc1. The maximum atomic E-state index is 12.7. The number of nitrogens with one attached hydrogen (secondary N) is 2. The molecule has 3 heterocycles. The number of pyridine rings is 1. The van der Waals surface area contributed by atoms with Crippen LogP contribution in [0, 0.1) is 13.8 Å². The molecular weight excluding hydrogens is 422 g/mol. The lowest BCUT2D eigenvalue weighted by atomic mass is 9.96. The van der Waals surface area contributed by atoms with Crippen LogP contribution in [0.4, 0.5) is 10.8 Å². The van der Waals surface area contributed by atoms with Crippen molar-refractivity contribution in [1.29, 1.82) is 0 Å². The molecule has 0 saturated carbocycles. The van der Waals surface area contributed by atoms with Gasteiger partial charge in [-0.25, -0.2) is 4.98 Å². The van der Waals surface area contributed by atoms with Gasteiger partial charge in [-0.1, -0.05) is 18.2 Å². The maximum absolute atomic E-state index is 12.7. The molecular formula is C25H25N3O3S. The zero-order valence-corrected chi connectivity index (χ0v) is 19.0. The molecule has 0 aliphatic carbocycles. The second-order valence-electron chi connectivity index (χ2n) is 7.25. The Hall–Kier alpha value is -3.58. The van der Waals surface area contributed by atoms with Crippen LogP contribution in [0.1, 0.15) is 45.1 Å². The summed E-state index contributed by atoms with van der Waals surface area (Å²) in [6, 6.07) is 16.9. The molecule has 1 amide bonds. The van der Waals surface area contributed by atoms with Crippen molar-refractivity contribution in [3.05, 3.63) is 94.4 Å². The van der Waals surface area contributed by atoms with Crippen LogP contribution >= 0.6 is 11.3 Å². The zero-order valence-electron chi connectivity index (χ0n) is 18.2. The van der Waals surface area contributed by atoms with E-state index in [2.05, 4.69) is 29.5 Å². The van der Waals surface area contributed by atoms with Crippen molar-refractivity contribution in [2.75, 3.05) is 17.2 Å². The number of furan rings is 1. The molecule has 4 rings (SSSR count). The fourth-order valence-electron chi connectivity index (χ4n) is 3.50. The number of aromatic nitrogens is 1. The number of carbonyl (C=O) groups is 1. The van der Waals surface area contributed by atoms with Gasteiger partial charge in [0.05, 0.1) is 18.9 Å². The summed E-state index contributed by atoms with van der Waals surface area (Å²) in [5, 5.41) is 7.37. The lowest BCUT2D eigenvalue weighted by Crippen LogP contribution is -2.17. The van der Waals surface area contributed by atoms with Crippen molar-refractivity contribution in [2.45, 2.75) is 26.8 Å². The normalized spacial score (nSPS) is 11.7. The molecule has 3 aromatic heterocycles. The number of carbonyl (C=O) groups excluding carboxylic acids is 1. The molecule has 2 N–H and O–H groups in total. The minimum Gasteiger partial charge on any atom is -0.494 e. The second-order valence-corrected chi connectivity index (χ2v) is 8.48. The van der Waals surface area contributed by atoms with Gasteiger partial charge in [-0.15, -0.1) is 11.3 Å². The Labute approximate surface area is 191 Å². The van der Waals surface area contributed by atoms with Gasteiger partial charge in [-0.3, -0.25) is 4.79 Å². The van der Waals surface area contributed by atoms with E-state index in [1.165, 1.54) is 6.26 Å². The highest BCUT2D eigenvalue weighted by molar-refractivity contribution is 7.16. The van der Waals surface area contributed by atoms with Crippen molar-refractivity contribution in [2.24, 2.45) is 0 Å². The Bertz CT molecular complexity index is 1170. The summed E-state index contributed by atoms with van der Waals surface area (Å²) in [6.45, 7) is 6.71. The molecule has 6 nitrogen and oxygen atoms in total. The van der Waals surface area contributed by atoms with Crippen LogP contribution in [-0.2, 0) is 0 Å². The predicted octanol–water partition coefficient (Wildman–Crippen LogP) is 6.21. The molecule has 0 aliphatic heterocycles. The summed E-state index contributed by atoms with van der Waals surface area (Å²) in [6.07, 6.45) is 3.25. The summed E-state index contributed by atoms with van der Waals surface area (Å²) in [4.78, 5) is 18.3. The molecule has 1 aromatic carbocycles. The fraction of sp³-hybridized carbons (Fsp3) is 0.200. The first kappa shape index (κ1) is 21.6. The highest BCUT2D eigenvalue weighted by Crippen LogP contribution is 2.41. The van der Waals surface area contributed by atoms with Crippen LogP contribution in [0.3, 0.4) is 0 Å². The van der Waals surface area contributed by atoms with Gasteiger partial charge in [-0.05, 0) is 68.3 Å². The Balaban J connectivity index is 1.75. The number of hydrogen-bond acceptors (Lipinski definition) is 6. The standard InChI is InChI=1S/C25H25N3O3S/c1-4-30-19-12-10-18(11-13-19)23(27-21-9-5-6-14-26-21)22-16(2)17(3)32-25(22)28-24(29)20-8-7-15-31-20/h5-15,23H,4H2,1-3H3,(H,26,27)(H,28,29)/t23-/m0/s1. The highest BCUT2D eigenvalue weighted by Gasteiger charge is 2.25. The van der Waals surface area contributed by atoms with Gasteiger partial charge in [-0.2, -0.15) is 0 Å². The Morgan fingerprint density at radius 1 is 1.12 bits per heavy atom. The summed E-state index contributed by atoms with van der Waals surface area (Å²) in [5.41, 5.74) is 3.16. The average molecular weight is 448 g/mol. The smallest absolute Gasteiger partial charge is 0.291 e.